The van der Waals surface area contributed by atoms with Gasteiger partial charge in [-0.25, -0.2) is 0 Å². The zero-order valence-corrected chi connectivity index (χ0v) is 7.04. The normalized spacial score (nSPS) is 0. The van der Waals surface area contributed by atoms with E-state index >= 15 is 0 Å². The van der Waals surface area contributed by atoms with Crippen LogP contribution in [-0.4, -0.2) is 48.7 Å². The molecule has 0 aromatic rings. The van der Waals surface area contributed by atoms with Crippen LogP contribution in [0.2, 0.25) is 0 Å². The molecule has 0 spiro atoms. The minimum absolute atomic E-state index is 0. The van der Waals surface area contributed by atoms with Crippen LogP contribution in [0, 0.1) is 0 Å². The van der Waals surface area contributed by atoms with Gasteiger partial charge < -0.3 is 21.9 Å². The summed E-state index contributed by atoms with van der Waals surface area (Å²) in [7, 11) is 0. The van der Waals surface area contributed by atoms with E-state index in [0.29, 0.717) is 0 Å². The number of hydrogen-bond acceptors (Lipinski definition) is 2. The Balaban J connectivity index is 0. The molecule has 0 rings (SSSR count). The number of hydrogen-bond donors (Lipinski definition) is 0. The largest absolute Gasteiger partial charge is 4.00 e. The average molecular weight is 202 g/mol. The van der Waals surface area contributed by atoms with Gasteiger partial charge in [0.1, 0.15) is 0 Å². The van der Waals surface area contributed by atoms with E-state index in [2.05, 4.69) is 0 Å². The predicted octanol–water partition coefficient (Wildman–Crippen LogP) is -0.974. The van der Waals surface area contributed by atoms with E-state index in [4.69, 9.17) is 0 Å². The van der Waals surface area contributed by atoms with Crippen LogP contribution in [0.4, 0.5) is 0 Å². The summed E-state index contributed by atoms with van der Waals surface area (Å²) in [6.45, 7) is 0. The third kappa shape index (κ3) is 41.5. The standard InChI is InChI=1S/Ca.Mo.2H2O.2O/h;;2*1H2;;/q+2;+4;;;2*-2/p-2. The molecule has 0 unspecified atom stereocenters. The molecule has 0 amide bonds. The zero-order chi connectivity index (χ0) is 0. The van der Waals surface area contributed by atoms with Crippen LogP contribution >= 0.6 is 0 Å². The maximum Gasteiger partial charge on any atom is 4.00 e. The average Bonchev–Trinajstić information content (AvgIpc) is 0. The molecule has 2 N–H and O–H groups in total. The van der Waals surface area contributed by atoms with Crippen molar-refractivity contribution in [2.24, 2.45) is 0 Å². The van der Waals surface area contributed by atoms with Gasteiger partial charge in [-0.15, -0.1) is 0 Å². The predicted molar refractivity (Wildman–Crippen MR) is 11.0 cm³/mol. The monoisotopic (exact) mass is 204 g/mol. The Morgan fingerprint density at radius 1 is 0.667 bits per heavy atom. The van der Waals surface area contributed by atoms with E-state index in [1.165, 1.54) is 0 Å². The summed E-state index contributed by atoms with van der Waals surface area (Å²) in [4.78, 5) is 0. The molecule has 0 aliphatic rings. The van der Waals surface area contributed by atoms with Crippen molar-refractivity contribution in [3.8, 4) is 0 Å². The van der Waals surface area contributed by atoms with Crippen LogP contribution in [0.15, 0.2) is 0 Å². The van der Waals surface area contributed by atoms with Gasteiger partial charge in [-0.05, 0) is 0 Å². The Labute approximate surface area is 79.8 Å². The molecule has 0 aromatic carbocycles. The van der Waals surface area contributed by atoms with E-state index in [1.807, 2.05) is 0 Å². The molecule has 0 radical (unpaired) electrons. The summed E-state index contributed by atoms with van der Waals surface area (Å²) in [6, 6.07) is 0. The Morgan fingerprint density at radius 3 is 0.667 bits per heavy atom. The SMILES string of the molecule is [Ca+2].[Mo+4].[O-2].[O-2].[OH-].[OH-]. The first-order valence-corrected chi connectivity index (χ1v) is 0. The van der Waals surface area contributed by atoms with Crippen LogP contribution in [0.3, 0.4) is 0 Å². The Kier molecular flexibility index (Phi) is 1330. The molecule has 0 heterocycles. The van der Waals surface area contributed by atoms with E-state index in [9.17, 15) is 0 Å². The Hall–Kier alpha value is 1.79. The molecule has 0 atom stereocenters. The van der Waals surface area contributed by atoms with Crippen molar-refractivity contribution in [2.45, 2.75) is 0 Å². The minimum Gasteiger partial charge on any atom is -2.00 e. The summed E-state index contributed by atoms with van der Waals surface area (Å²) in [5.74, 6) is 0. The van der Waals surface area contributed by atoms with Gasteiger partial charge in [0.2, 0.25) is 0 Å². The van der Waals surface area contributed by atoms with Gasteiger partial charge >= 0.3 is 58.8 Å². The fourth-order valence-electron chi connectivity index (χ4n) is 0. The van der Waals surface area contributed by atoms with Crippen LogP contribution in [-0.2, 0) is 32.0 Å². The molecular formula is H2CaMoO4. The van der Waals surface area contributed by atoms with E-state index in [1.54, 1.807) is 0 Å². The van der Waals surface area contributed by atoms with Crippen molar-refractivity contribution in [1.82, 2.24) is 0 Å². The first-order chi connectivity index (χ1) is 0. The fourth-order valence-corrected chi connectivity index (χ4v) is 0. The molecule has 6 heteroatoms. The molecule has 0 aliphatic carbocycles. The van der Waals surface area contributed by atoms with Crippen LogP contribution in [0.5, 0.6) is 0 Å². The maximum atomic E-state index is 0. The van der Waals surface area contributed by atoms with Crippen LogP contribution in [0.25, 0.3) is 0 Å². The molecule has 0 fully saturated rings. The van der Waals surface area contributed by atoms with Gasteiger partial charge in [-0.2, -0.15) is 0 Å². The van der Waals surface area contributed by atoms with E-state index in [0.717, 1.165) is 0 Å². The van der Waals surface area contributed by atoms with Crippen LogP contribution in [0.1, 0.15) is 0 Å². The summed E-state index contributed by atoms with van der Waals surface area (Å²) in [5.41, 5.74) is 0. The molecule has 34 valence electrons. The Morgan fingerprint density at radius 2 is 0.667 bits per heavy atom. The van der Waals surface area contributed by atoms with Crippen molar-refractivity contribution in [3.63, 3.8) is 0 Å². The molecule has 0 aromatic heterocycles. The summed E-state index contributed by atoms with van der Waals surface area (Å²) in [6.07, 6.45) is 0. The topological polar surface area (TPSA) is 117 Å². The van der Waals surface area contributed by atoms with E-state index in [-0.39, 0.29) is 80.7 Å². The van der Waals surface area contributed by atoms with Crippen molar-refractivity contribution in [2.75, 3.05) is 0 Å². The third-order valence-electron chi connectivity index (χ3n) is 0. The fraction of sp³-hybridized carbons (Fsp3) is 0. The van der Waals surface area contributed by atoms with Gasteiger partial charge in [0.05, 0.1) is 0 Å². The van der Waals surface area contributed by atoms with Crippen molar-refractivity contribution >= 4 is 37.7 Å². The molecular weight excluding hydrogens is 200 g/mol. The quantitative estimate of drug-likeness (QED) is 0.469. The summed E-state index contributed by atoms with van der Waals surface area (Å²) >= 11 is 0. The molecule has 6 heavy (non-hydrogen) atoms. The second-order valence-electron chi connectivity index (χ2n) is 0. The zero-order valence-electron chi connectivity index (χ0n) is 2.83. The second-order valence-corrected chi connectivity index (χ2v) is 0. The van der Waals surface area contributed by atoms with Crippen molar-refractivity contribution in [1.29, 1.82) is 0 Å². The molecule has 0 bridgehead atoms. The minimum atomic E-state index is 0. The van der Waals surface area contributed by atoms with E-state index < -0.39 is 0 Å². The van der Waals surface area contributed by atoms with Gasteiger partial charge in [0.25, 0.3) is 0 Å². The molecule has 0 aliphatic heterocycles. The smallest absolute Gasteiger partial charge is 2.00 e. The first kappa shape index (κ1) is 112. The molecule has 0 saturated carbocycles. The van der Waals surface area contributed by atoms with Gasteiger partial charge in [0, 0.05) is 0 Å². The number of rotatable bonds is 0. The molecule has 0 saturated heterocycles. The third-order valence-corrected chi connectivity index (χ3v) is 0. The van der Waals surface area contributed by atoms with Crippen LogP contribution < -0.4 is 0 Å². The molecule has 4 nitrogen and oxygen atoms in total. The van der Waals surface area contributed by atoms with Crippen molar-refractivity contribution < 1.29 is 43.0 Å². The van der Waals surface area contributed by atoms with Gasteiger partial charge in [-0.1, -0.05) is 0 Å². The summed E-state index contributed by atoms with van der Waals surface area (Å²) < 4.78 is 0. The summed E-state index contributed by atoms with van der Waals surface area (Å²) in [5, 5.41) is 0. The Bertz CT molecular complexity index is 7.51. The van der Waals surface area contributed by atoms with Gasteiger partial charge in [-0.3, -0.25) is 0 Å². The maximum absolute atomic E-state index is 0. The van der Waals surface area contributed by atoms with Gasteiger partial charge in [0.15, 0.2) is 0 Å². The van der Waals surface area contributed by atoms with Crippen molar-refractivity contribution in [3.05, 3.63) is 0 Å². The first-order valence-electron chi connectivity index (χ1n) is 0. The second kappa shape index (κ2) is 71.1.